The Labute approximate surface area is 138 Å². The first-order valence-electron chi connectivity index (χ1n) is 7.89. The van der Waals surface area contributed by atoms with Crippen LogP contribution in [-0.4, -0.2) is 62.7 Å². The number of nitrogen functional groups attached to an aromatic ring is 1. The molecule has 0 unspecified atom stereocenters. The van der Waals surface area contributed by atoms with E-state index in [2.05, 4.69) is 25.2 Å². The maximum Gasteiger partial charge on any atom is 0.192 e. The second-order valence-electron chi connectivity index (χ2n) is 5.61. The van der Waals surface area contributed by atoms with Gasteiger partial charge in [-0.1, -0.05) is 0 Å². The standard InChI is InChI=1S/C15H19N7O2/c16-13-11(14-18-15(20-19-14)12-2-1-7-24-12)10-17-22(13)4-3-21-5-8-23-9-6-21/h1-2,7,10H,3-6,8-9,16H2,(H,18,19,20). The van der Waals surface area contributed by atoms with E-state index in [1.807, 2.05) is 6.07 Å². The monoisotopic (exact) mass is 329 g/mol. The van der Waals surface area contributed by atoms with Crippen LogP contribution in [0.2, 0.25) is 0 Å². The first-order chi connectivity index (χ1) is 11.8. The van der Waals surface area contributed by atoms with Gasteiger partial charge >= 0.3 is 0 Å². The molecule has 0 spiro atoms. The Morgan fingerprint density at radius 3 is 2.92 bits per heavy atom. The first-order valence-corrected chi connectivity index (χ1v) is 7.89. The number of ether oxygens (including phenoxy) is 1. The van der Waals surface area contributed by atoms with Crippen molar-refractivity contribution in [3.05, 3.63) is 24.6 Å². The second-order valence-corrected chi connectivity index (χ2v) is 5.61. The van der Waals surface area contributed by atoms with E-state index < -0.39 is 0 Å². The van der Waals surface area contributed by atoms with Crippen molar-refractivity contribution in [2.75, 3.05) is 38.6 Å². The van der Waals surface area contributed by atoms with Crippen LogP contribution < -0.4 is 5.73 Å². The lowest BCUT2D eigenvalue weighted by Crippen LogP contribution is -2.38. The van der Waals surface area contributed by atoms with E-state index in [1.54, 1.807) is 23.2 Å². The SMILES string of the molecule is Nc1c(-c2n[nH]c(-c3ccco3)n2)cnn1CCN1CCOCC1. The first kappa shape index (κ1) is 14.9. The van der Waals surface area contributed by atoms with Gasteiger partial charge in [-0.15, -0.1) is 0 Å². The van der Waals surface area contributed by atoms with Gasteiger partial charge in [-0.3, -0.25) is 10.00 Å². The minimum absolute atomic E-state index is 0.511. The van der Waals surface area contributed by atoms with Gasteiger partial charge < -0.3 is 14.9 Å². The van der Waals surface area contributed by atoms with E-state index in [-0.39, 0.29) is 0 Å². The number of hydrogen-bond donors (Lipinski definition) is 2. The number of aromatic nitrogens is 5. The van der Waals surface area contributed by atoms with Crippen LogP contribution in [0.3, 0.4) is 0 Å². The summed E-state index contributed by atoms with van der Waals surface area (Å²) in [4.78, 5) is 6.77. The molecule has 126 valence electrons. The molecule has 1 aliphatic heterocycles. The molecule has 0 atom stereocenters. The molecule has 3 N–H and O–H groups in total. The normalized spacial score (nSPS) is 15.8. The van der Waals surface area contributed by atoms with Gasteiger partial charge in [-0.25, -0.2) is 9.67 Å². The van der Waals surface area contributed by atoms with E-state index in [4.69, 9.17) is 14.9 Å². The number of rotatable bonds is 5. The summed E-state index contributed by atoms with van der Waals surface area (Å²) in [5.41, 5.74) is 6.93. The van der Waals surface area contributed by atoms with Crippen molar-refractivity contribution in [2.45, 2.75) is 6.54 Å². The molecule has 3 aromatic rings. The molecule has 1 fully saturated rings. The molecule has 0 saturated carbocycles. The zero-order chi connectivity index (χ0) is 16.4. The Morgan fingerprint density at radius 1 is 1.25 bits per heavy atom. The molecular formula is C15H19N7O2. The average Bonchev–Trinajstić information content (AvgIpc) is 3.34. The van der Waals surface area contributed by atoms with Crippen LogP contribution in [0.1, 0.15) is 0 Å². The molecule has 0 bridgehead atoms. The predicted octanol–water partition coefficient (Wildman–Crippen LogP) is 0.843. The number of hydrogen-bond acceptors (Lipinski definition) is 7. The topological polar surface area (TPSA) is 111 Å². The summed E-state index contributed by atoms with van der Waals surface area (Å²) >= 11 is 0. The fourth-order valence-electron chi connectivity index (χ4n) is 2.71. The van der Waals surface area contributed by atoms with E-state index in [0.717, 1.165) is 39.4 Å². The van der Waals surface area contributed by atoms with Gasteiger partial charge in [0.1, 0.15) is 5.82 Å². The highest BCUT2D eigenvalue weighted by atomic mass is 16.5. The minimum atomic E-state index is 0.511. The summed E-state index contributed by atoms with van der Waals surface area (Å²) in [6, 6.07) is 3.62. The molecule has 4 rings (SSSR count). The zero-order valence-corrected chi connectivity index (χ0v) is 13.2. The van der Waals surface area contributed by atoms with Crippen LogP contribution in [0, 0.1) is 0 Å². The lowest BCUT2D eigenvalue weighted by Gasteiger charge is -2.26. The van der Waals surface area contributed by atoms with Gasteiger partial charge in [0.15, 0.2) is 17.4 Å². The van der Waals surface area contributed by atoms with Gasteiger partial charge in [0.05, 0.1) is 37.8 Å². The lowest BCUT2D eigenvalue weighted by atomic mass is 10.3. The largest absolute Gasteiger partial charge is 0.461 e. The van der Waals surface area contributed by atoms with Gasteiger partial charge in [-0.2, -0.15) is 10.2 Å². The Morgan fingerprint density at radius 2 is 2.12 bits per heavy atom. The zero-order valence-electron chi connectivity index (χ0n) is 13.2. The molecule has 24 heavy (non-hydrogen) atoms. The van der Waals surface area contributed by atoms with Gasteiger partial charge in [-0.05, 0) is 12.1 Å². The Bertz CT molecular complexity index is 787. The number of nitrogens with two attached hydrogens (primary N) is 1. The number of aromatic amines is 1. The Hall–Kier alpha value is -2.65. The molecule has 0 amide bonds. The molecule has 3 aromatic heterocycles. The maximum atomic E-state index is 6.22. The number of furan rings is 1. The number of nitrogens with zero attached hydrogens (tertiary/aromatic N) is 5. The summed E-state index contributed by atoms with van der Waals surface area (Å²) in [5.74, 6) is 2.27. The third-order valence-corrected chi connectivity index (χ3v) is 4.09. The summed E-state index contributed by atoms with van der Waals surface area (Å²) < 4.78 is 12.4. The molecule has 1 saturated heterocycles. The van der Waals surface area contributed by atoms with E-state index in [1.165, 1.54) is 0 Å². The van der Waals surface area contributed by atoms with Crippen LogP contribution >= 0.6 is 0 Å². The van der Waals surface area contributed by atoms with Crippen LogP contribution in [0.15, 0.2) is 29.0 Å². The quantitative estimate of drug-likeness (QED) is 0.713. The van der Waals surface area contributed by atoms with Crippen molar-refractivity contribution in [3.63, 3.8) is 0 Å². The fourth-order valence-corrected chi connectivity index (χ4v) is 2.71. The van der Waals surface area contributed by atoms with Crippen molar-refractivity contribution in [1.29, 1.82) is 0 Å². The van der Waals surface area contributed by atoms with E-state index >= 15 is 0 Å². The average molecular weight is 329 g/mol. The van der Waals surface area contributed by atoms with Crippen molar-refractivity contribution in [2.24, 2.45) is 0 Å². The van der Waals surface area contributed by atoms with Crippen LogP contribution in [0.5, 0.6) is 0 Å². The highest BCUT2D eigenvalue weighted by molar-refractivity contribution is 5.68. The second kappa shape index (κ2) is 6.46. The predicted molar refractivity (Wildman–Crippen MR) is 87.0 cm³/mol. The smallest absolute Gasteiger partial charge is 0.192 e. The number of morpholine rings is 1. The van der Waals surface area contributed by atoms with Gasteiger partial charge in [0.25, 0.3) is 0 Å². The molecule has 0 aliphatic carbocycles. The summed E-state index contributed by atoms with van der Waals surface area (Å²) in [6.07, 6.45) is 3.29. The lowest BCUT2D eigenvalue weighted by molar-refractivity contribution is 0.0360. The summed E-state index contributed by atoms with van der Waals surface area (Å²) in [5, 5.41) is 11.4. The molecule has 9 nitrogen and oxygen atoms in total. The molecule has 4 heterocycles. The molecule has 9 heteroatoms. The molecular weight excluding hydrogens is 310 g/mol. The highest BCUT2D eigenvalue weighted by Crippen LogP contribution is 2.24. The number of H-pyrrole nitrogens is 1. The maximum absolute atomic E-state index is 6.22. The third kappa shape index (κ3) is 2.91. The molecule has 1 aliphatic rings. The summed E-state index contributed by atoms with van der Waals surface area (Å²) in [7, 11) is 0. The summed E-state index contributed by atoms with van der Waals surface area (Å²) in [6.45, 7) is 5.07. The van der Waals surface area contributed by atoms with Crippen LogP contribution in [0.25, 0.3) is 23.0 Å². The fraction of sp³-hybridized carbons (Fsp3) is 0.400. The molecule has 0 radical (unpaired) electrons. The Kier molecular flexibility index (Phi) is 4.01. The van der Waals surface area contributed by atoms with Crippen molar-refractivity contribution < 1.29 is 9.15 Å². The van der Waals surface area contributed by atoms with E-state index in [0.29, 0.717) is 28.8 Å². The highest BCUT2D eigenvalue weighted by Gasteiger charge is 2.17. The molecule has 0 aromatic carbocycles. The van der Waals surface area contributed by atoms with Gasteiger partial charge in [0, 0.05) is 19.6 Å². The number of nitrogens with one attached hydrogen (secondary N) is 1. The minimum Gasteiger partial charge on any atom is -0.461 e. The Balaban J connectivity index is 1.47. The van der Waals surface area contributed by atoms with Crippen LogP contribution in [-0.2, 0) is 11.3 Å². The van der Waals surface area contributed by atoms with Crippen LogP contribution in [0.4, 0.5) is 5.82 Å². The van der Waals surface area contributed by atoms with Crippen molar-refractivity contribution >= 4 is 5.82 Å². The van der Waals surface area contributed by atoms with E-state index in [9.17, 15) is 0 Å². The van der Waals surface area contributed by atoms with Gasteiger partial charge in [0.2, 0.25) is 0 Å². The van der Waals surface area contributed by atoms with Crippen molar-refractivity contribution in [3.8, 4) is 23.0 Å². The van der Waals surface area contributed by atoms with Crippen molar-refractivity contribution in [1.82, 2.24) is 29.9 Å². The number of anilines is 1. The third-order valence-electron chi connectivity index (χ3n) is 4.09.